The molecule has 5 aliphatic rings. The lowest BCUT2D eigenvalue weighted by Crippen LogP contribution is -2.39. The molecule has 0 bridgehead atoms. The molecule has 0 atom stereocenters. The monoisotopic (exact) mass is 601 g/mol. The first-order valence-corrected chi connectivity index (χ1v) is 17.1. The number of likely N-dealkylation sites (tertiary alicyclic amines) is 2. The topological polar surface area (TPSA) is 9.72 Å². The predicted octanol–water partition coefficient (Wildman–Crippen LogP) is 8.48. The number of benzene rings is 3. The third kappa shape index (κ3) is 7.77. The lowest BCUT2D eigenvalue weighted by atomic mass is 9.74. The van der Waals surface area contributed by atoms with E-state index in [9.17, 15) is 0 Å². The minimum atomic E-state index is 0.364. The average Bonchev–Trinajstić information content (AvgIpc) is 3.65. The number of likely N-dealkylation sites (N-methyl/N-ethyl adjacent to an activating group) is 1. The van der Waals surface area contributed by atoms with Gasteiger partial charge in [-0.25, -0.2) is 0 Å². The van der Waals surface area contributed by atoms with Gasteiger partial charge in [-0.05, 0) is 131 Å². The molecule has 3 aromatic rings. The van der Waals surface area contributed by atoms with Gasteiger partial charge in [-0.3, -0.25) is 0 Å². The van der Waals surface area contributed by atoms with E-state index in [0.717, 1.165) is 6.54 Å². The second-order valence-corrected chi connectivity index (χ2v) is 13.7. The number of fused-ring (bicyclic) bond motifs is 4. The van der Waals surface area contributed by atoms with Crippen molar-refractivity contribution in [3.63, 3.8) is 0 Å². The Morgan fingerprint density at radius 1 is 0.578 bits per heavy atom. The van der Waals surface area contributed by atoms with E-state index in [0.29, 0.717) is 10.8 Å². The van der Waals surface area contributed by atoms with E-state index < -0.39 is 0 Å². The molecule has 45 heavy (non-hydrogen) atoms. The quantitative estimate of drug-likeness (QED) is 0.259. The van der Waals surface area contributed by atoms with Gasteiger partial charge in [-0.15, -0.1) is 13.2 Å². The van der Waals surface area contributed by atoms with Gasteiger partial charge in [0.2, 0.25) is 0 Å². The summed E-state index contributed by atoms with van der Waals surface area (Å²) in [5.41, 5.74) is 10.1. The second-order valence-electron chi connectivity index (χ2n) is 13.7. The molecular formula is C42H55N3. The molecule has 0 unspecified atom stereocenters. The van der Waals surface area contributed by atoms with Crippen molar-refractivity contribution in [1.29, 1.82) is 0 Å². The molecule has 0 amide bonds. The summed E-state index contributed by atoms with van der Waals surface area (Å²) >= 11 is 0. The number of rotatable bonds is 1. The Morgan fingerprint density at radius 2 is 1.18 bits per heavy atom. The summed E-state index contributed by atoms with van der Waals surface area (Å²) in [6, 6.07) is 28.6. The molecule has 3 aliphatic heterocycles. The van der Waals surface area contributed by atoms with Crippen LogP contribution < -0.4 is 0 Å². The van der Waals surface area contributed by atoms with Gasteiger partial charge in [-0.2, -0.15) is 0 Å². The molecule has 0 aromatic heterocycles. The summed E-state index contributed by atoms with van der Waals surface area (Å²) in [7, 11) is 6.63. The van der Waals surface area contributed by atoms with Crippen LogP contribution in [0.5, 0.6) is 0 Å². The molecular weight excluding hydrogens is 546 g/mol. The van der Waals surface area contributed by atoms with Gasteiger partial charge in [0.1, 0.15) is 0 Å². The number of aryl methyl sites for hydroxylation is 1. The molecule has 2 fully saturated rings. The van der Waals surface area contributed by atoms with Gasteiger partial charge in [-0.1, -0.05) is 97.1 Å². The van der Waals surface area contributed by atoms with Crippen molar-refractivity contribution < 1.29 is 0 Å². The van der Waals surface area contributed by atoms with E-state index in [-0.39, 0.29) is 0 Å². The highest BCUT2D eigenvalue weighted by Crippen LogP contribution is 2.46. The highest BCUT2D eigenvalue weighted by Gasteiger charge is 2.40. The van der Waals surface area contributed by atoms with E-state index >= 15 is 0 Å². The Morgan fingerprint density at radius 3 is 1.84 bits per heavy atom. The van der Waals surface area contributed by atoms with Crippen LogP contribution in [0.1, 0.15) is 66.3 Å². The largest absolute Gasteiger partial charge is 0.306 e. The van der Waals surface area contributed by atoms with Crippen LogP contribution in [0.2, 0.25) is 0 Å². The van der Waals surface area contributed by atoms with Crippen LogP contribution in [0.15, 0.2) is 104 Å². The third-order valence-corrected chi connectivity index (χ3v) is 10.9. The van der Waals surface area contributed by atoms with Gasteiger partial charge in [0, 0.05) is 18.5 Å². The SMILES string of the molecule is C=C.CN1CC=C(c2ccccc2)CC1.CN1CCC2(C=Cc3ccccc32)CC1.CN1CCC2(CCc3ccccc32)CC1. The predicted molar refractivity (Wildman–Crippen MR) is 195 cm³/mol. The summed E-state index contributed by atoms with van der Waals surface area (Å²) in [5, 5.41) is 0. The maximum atomic E-state index is 3.00. The molecule has 0 radical (unpaired) electrons. The molecule has 238 valence electrons. The van der Waals surface area contributed by atoms with Crippen molar-refractivity contribution in [2.45, 2.75) is 55.8 Å². The van der Waals surface area contributed by atoms with Crippen molar-refractivity contribution in [3.8, 4) is 0 Å². The fourth-order valence-electron chi connectivity index (χ4n) is 7.90. The Bertz CT molecular complexity index is 1420. The van der Waals surface area contributed by atoms with Gasteiger partial charge in [0.15, 0.2) is 0 Å². The number of hydrogen-bond donors (Lipinski definition) is 0. The lowest BCUT2D eigenvalue weighted by Gasteiger charge is -2.38. The van der Waals surface area contributed by atoms with Crippen molar-refractivity contribution in [3.05, 3.63) is 132 Å². The van der Waals surface area contributed by atoms with Gasteiger partial charge >= 0.3 is 0 Å². The average molecular weight is 602 g/mol. The molecule has 2 aliphatic carbocycles. The molecule has 2 spiro atoms. The summed E-state index contributed by atoms with van der Waals surface area (Å²) in [4.78, 5) is 7.23. The molecule has 2 saturated heterocycles. The molecule has 8 rings (SSSR count). The van der Waals surface area contributed by atoms with Crippen molar-refractivity contribution in [2.75, 3.05) is 60.4 Å². The fourth-order valence-corrected chi connectivity index (χ4v) is 7.90. The second kappa shape index (κ2) is 15.4. The minimum Gasteiger partial charge on any atom is -0.306 e. The van der Waals surface area contributed by atoms with E-state index in [1.165, 1.54) is 94.4 Å². The molecule has 0 N–H and O–H groups in total. The van der Waals surface area contributed by atoms with Crippen molar-refractivity contribution in [1.82, 2.24) is 14.7 Å². The summed E-state index contributed by atoms with van der Waals surface area (Å²) in [6.45, 7) is 13.3. The summed E-state index contributed by atoms with van der Waals surface area (Å²) in [5.74, 6) is 0. The van der Waals surface area contributed by atoms with Crippen LogP contribution in [-0.2, 0) is 17.3 Å². The zero-order valence-corrected chi connectivity index (χ0v) is 28.2. The number of piperidine rings is 2. The number of nitrogens with zero attached hydrogens (tertiary/aromatic N) is 3. The highest BCUT2D eigenvalue weighted by atomic mass is 15.1. The molecule has 3 heterocycles. The van der Waals surface area contributed by atoms with Gasteiger partial charge < -0.3 is 14.7 Å². The van der Waals surface area contributed by atoms with Crippen molar-refractivity contribution >= 4 is 11.6 Å². The van der Waals surface area contributed by atoms with E-state index in [4.69, 9.17) is 0 Å². The molecule has 3 nitrogen and oxygen atoms in total. The Balaban J connectivity index is 0.000000130. The van der Waals surface area contributed by atoms with E-state index in [1.807, 2.05) is 0 Å². The van der Waals surface area contributed by atoms with Crippen LogP contribution in [0.4, 0.5) is 0 Å². The first-order chi connectivity index (χ1) is 22.0. The van der Waals surface area contributed by atoms with E-state index in [1.54, 1.807) is 16.7 Å². The van der Waals surface area contributed by atoms with Crippen LogP contribution >= 0.6 is 0 Å². The van der Waals surface area contributed by atoms with Crippen molar-refractivity contribution in [2.24, 2.45) is 0 Å². The normalized spacial score (nSPS) is 21.3. The summed E-state index contributed by atoms with van der Waals surface area (Å²) < 4.78 is 0. The Labute approximate surface area is 274 Å². The maximum Gasteiger partial charge on any atom is 0.0166 e. The zero-order valence-electron chi connectivity index (χ0n) is 28.2. The first kappa shape index (κ1) is 33.1. The first-order valence-electron chi connectivity index (χ1n) is 17.1. The van der Waals surface area contributed by atoms with Crippen LogP contribution in [-0.4, -0.2) is 75.1 Å². The van der Waals surface area contributed by atoms with Crippen LogP contribution in [0.25, 0.3) is 11.6 Å². The molecule has 0 saturated carbocycles. The summed E-state index contributed by atoms with van der Waals surface area (Å²) in [6.07, 6.45) is 16.2. The van der Waals surface area contributed by atoms with E-state index in [2.05, 4.69) is 146 Å². The molecule has 3 heteroatoms. The van der Waals surface area contributed by atoms with Gasteiger partial charge in [0.05, 0.1) is 0 Å². The Hall–Kier alpha value is -3.24. The zero-order chi connectivity index (χ0) is 31.7. The highest BCUT2D eigenvalue weighted by molar-refractivity contribution is 5.66. The van der Waals surface area contributed by atoms with Crippen LogP contribution in [0, 0.1) is 0 Å². The van der Waals surface area contributed by atoms with Gasteiger partial charge in [0.25, 0.3) is 0 Å². The standard InChI is InChI=1S/C14H19N.C14H17N.C12H15N.C2H4/c2*1-15-10-8-14(9-11-15)7-6-12-4-2-3-5-13(12)14;1-13-9-7-12(8-10-13)11-5-3-2-4-6-11;1-2/h2-5H,6-11H2,1H3;2-7H,8-11H2,1H3;2-7H,8-10H2,1H3;1-2H2. The maximum absolute atomic E-state index is 3.00. The van der Waals surface area contributed by atoms with Crippen LogP contribution in [0.3, 0.4) is 0 Å². The third-order valence-electron chi connectivity index (χ3n) is 10.9. The molecule has 3 aromatic carbocycles. The Kier molecular flexibility index (Phi) is 11.3. The fraction of sp³-hybridized carbons (Fsp3) is 0.429. The smallest absolute Gasteiger partial charge is 0.0166 e. The number of allylic oxidation sites excluding steroid dienone is 1. The minimum absolute atomic E-state index is 0.364. The lowest BCUT2D eigenvalue weighted by molar-refractivity contribution is 0.187. The number of hydrogen-bond acceptors (Lipinski definition) is 3.